The summed E-state index contributed by atoms with van der Waals surface area (Å²) in [6.07, 6.45) is 4.63. The summed E-state index contributed by atoms with van der Waals surface area (Å²) in [5.41, 5.74) is 3.80. The minimum atomic E-state index is 0.906. The molecule has 0 unspecified atom stereocenters. The molecule has 0 atom stereocenters. The van der Waals surface area contributed by atoms with Crippen molar-refractivity contribution >= 4 is 0 Å². The van der Waals surface area contributed by atoms with E-state index in [1.165, 1.54) is 16.7 Å². The maximum atomic E-state index is 4.88. The Morgan fingerprint density at radius 2 is 1.53 bits per heavy atom. The molecule has 1 heteroatoms. The molecule has 0 heterocycles. The van der Waals surface area contributed by atoms with Crippen molar-refractivity contribution in [3.05, 3.63) is 72.5 Å². The highest BCUT2D eigenvalue weighted by atomic mass is 16.5. The molecule has 1 nitrogen and oxygen atoms in total. The summed E-state index contributed by atoms with van der Waals surface area (Å²) in [7, 11) is 1.66. The summed E-state index contributed by atoms with van der Waals surface area (Å²) in [6.45, 7) is 0. The summed E-state index contributed by atoms with van der Waals surface area (Å²) in [6, 6.07) is 19.0. The van der Waals surface area contributed by atoms with E-state index in [0.717, 1.165) is 6.42 Å². The highest BCUT2D eigenvalue weighted by Gasteiger charge is 1.96. The Bertz CT molecular complexity index is 469. The number of allylic oxidation sites excluding steroid dienone is 1. The van der Waals surface area contributed by atoms with Gasteiger partial charge in [-0.2, -0.15) is 0 Å². The van der Waals surface area contributed by atoms with E-state index in [9.17, 15) is 0 Å². The second-order valence-electron chi connectivity index (χ2n) is 3.87. The molecule has 0 saturated heterocycles. The second-order valence-corrected chi connectivity index (χ2v) is 3.87. The van der Waals surface area contributed by atoms with Gasteiger partial charge in [0.2, 0.25) is 0 Å². The lowest BCUT2D eigenvalue weighted by molar-refractivity contribution is 0.337. The van der Waals surface area contributed by atoms with Crippen LogP contribution in [0, 0.1) is 0 Å². The normalized spacial score (nSPS) is 10.6. The maximum Gasteiger partial charge on any atom is 0.0788 e. The van der Waals surface area contributed by atoms with Crippen molar-refractivity contribution in [1.82, 2.24) is 0 Å². The average molecular weight is 224 g/mol. The SMILES string of the molecule is COC=CCc1ccc(-c2ccccc2)cc1. The minimum absolute atomic E-state index is 0.906. The molecule has 0 aliphatic carbocycles. The third kappa shape index (κ3) is 3.22. The Morgan fingerprint density at radius 1 is 0.882 bits per heavy atom. The van der Waals surface area contributed by atoms with Gasteiger partial charge in [-0.05, 0) is 29.2 Å². The first-order chi connectivity index (χ1) is 8.40. The third-order valence-electron chi connectivity index (χ3n) is 2.65. The second kappa shape index (κ2) is 5.90. The summed E-state index contributed by atoms with van der Waals surface area (Å²) in [4.78, 5) is 0. The summed E-state index contributed by atoms with van der Waals surface area (Å²) in [5.74, 6) is 0. The molecular formula is C16H16O. The lowest BCUT2D eigenvalue weighted by Crippen LogP contribution is -1.82. The first kappa shape index (κ1) is 11.5. The Hall–Kier alpha value is -2.02. The number of hydrogen-bond acceptors (Lipinski definition) is 1. The summed E-state index contributed by atoms with van der Waals surface area (Å²) < 4.78 is 4.88. The van der Waals surface area contributed by atoms with Gasteiger partial charge in [0.05, 0.1) is 13.4 Å². The molecule has 0 aliphatic heterocycles. The summed E-state index contributed by atoms with van der Waals surface area (Å²) >= 11 is 0. The molecule has 0 aromatic heterocycles. The van der Waals surface area contributed by atoms with Crippen LogP contribution < -0.4 is 0 Å². The smallest absolute Gasteiger partial charge is 0.0788 e. The van der Waals surface area contributed by atoms with Gasteiger partial charge in [-0.15, -0.1) is 0 Å². The van der Waals surface area contributed by atoms with Gasteiger partial charge in [0.25, 0.3) is 0 Å². The van der Waals surface area contributed by atoms with Crippen LogP contribution in [0.4, 0.5) is 0 Å². The van der Waals surface area contributed by atoms with Gasteiger partial charge in [-0.1, -0.05) is 54.6 Å². The van der Waals surface area contributed by atoms with E-state index in [2.05, 4.69) is 48.5 Å². The fourth-order valence-corrected chi connectivity index (χ4v) is 1.74. The molecule has 0 fully saturated rings. The Kier molecular flexibility index (Phi) is 3.98. The van der Waals surface area contributed by atoms with Gasteiger partial charge in [0.1, 0.15) is 0 Å². The van der Waals surface area contributed by atoms with E-state index >= 15 is 0 Å². The highest BCUT2D eigenvalue weighted by molar-refractivity contribution is 5.63. The number of hydrogen-bond donors (Lipinski definition) is 0. The van der Waals surface area contributed by atoms with Crippen molar-refractivity contribution in [2.24, 2.45) is 0 Å². The number of methoxy groups -OCH3 is 1. The standard InChI is InChI=1S/C16H16O/c1-17-13-5-6-14-9-11-16(12-10-14)15-7-3-2-4-8-15/h2-5,7-13H,6H2,1H3. The van der Waals surface area contributed by atoms with Gasteiger partial charge in [-0.3, -0.25) is 0 Å². The van der Waals surface area contributed by atoms with Gasteiger partial charge >= 0.3 is 0 Å². The topological polar surface area (TPSA) is 9.23 Å². The number of rotatable bonds is 4. The van der Waals surface area contributed by atoms with E-state index in [1.807, 2.05) is 12.1 Å². The maximum absolute atomic E-state index is 4.88. The molecule has 0 amide bonds. The lowest BCUT2D eigenvalue weighted by Gasteiger charge is -2.02. The third-order valence-corrected chi connectivity index (χ3v) is 2.65. The first-order valence-electron chi connectivity index (χ1n) is 5.72. The van der Waals surface area contributed by atoms with Crippen LogP contribution in [0.1, 0.15) is 5.56 Å². The molecule has 2 aromatic rings. The zero-order valence-electron chi connectivity index (χ0n) is 9.97. The van der Waals surface area contributed by atoms with E-state index in [-0.39, 0.29) is 0 Å². The Morgan fingerprint density at radius 3 is 2.18 bits per heavy atom. The van der Waals surface area contributed by atoms with Crippen LogP contribution in [0.5, 0.6) is 0 Å². The van der Waals surface area contributed by atoms with Crippen LogP contribution in [-0.2, 0) is 11.2 Å². The van der Waals surface area contributed by atoms with Crippen LogP contribution in [-0.4, -0.2) is 7.11 Å². The molecule has 0 aliphatic rings. The van der Waals surface area contributed by atoms with Crippen molar-refractivity contribution in [2.75, 3.05) is 7.11 Å². The zero-order chi connectivity index (χ0) is 11.9. The molecule has 86 valence electrons. The number of benzene rings is 2. The van der Waals surface area contributed by atoms with Gasteiger partial charge < -0.3 is 4.74 Å². The number of ether oxygens (including phenoxy) is 1. The lowest BCUT2D eigenvalue weighted by atomic mass is 10.0. The van der Waals surface area contributed by atoms with Crippen molar-refractivity contribution in [1.29, 1.82) is 0 Å². The molecular weight excluding hydrogens is 208 g/mol. The predicted molar refractivity (Wildman–Crippen MR) is 71.7 cm³/mol. The van der Waals surface area contributed by atoms with Crippen LogP contribution >= 0.6 is 0 Å². The Balaban J connectivity index is 2.11. The molecule has 17 heavy (non-hydrogen) atoms. The van der Waals surface area contributed by atoms with Crippen molar-refractivity contribution in [3.63, 3.8) is 0 Å². The van der Waals surface area contributed by atoms with E-state index in [0.29, 0.717) is 0 Å². The first-order valence-corrected chi connectivity index (χ1v) is 5.72. The van der Waals surface area contributed by atoms with Crippen LogP contribution in [0.25, 0.3) is 11.1 Å². The molecule has 0 saturated carbocycles. The fourth-order valence-electron chi connectivity index (χ4n) is 1.74. The molecule has 0 radical (unpaired) electrons. The van der Waals surface area contributed by atoms with Crippen LogP contribution in [0.3, 0.4) is 0 Å². The van der Waals surface area contributed by atoms with Crippen LogP contribution in [0.2, 0.25) is 0 Å². The van der Waals surface area contributed by atoms with E-state index in [4.69, 9.17) is 4.74 Å². The zero-order valence-corrected chi connectivity index (χ0v) is 9.97. The largest absolute Gasteiger partial charge is 0.505 e. The molecule has 0 N–H and O–H groups in total. The minimum Gasteiger partial charge on any atom is -0.505 e. The van der Waals surface area contributed by atoms with Gasteiger partial charge in [0, 0.05) is 0 Å². The highest BCUT2D eigenvalue weighted by Crippen LogP contribution is 2.19. The van der Waals surface area contributed by atoms with Gasteiger partial charge in [-0.25, -0.2) is 0 Å². The van der Waals surface area contributed by atoms with E-state index in [1.54, 1.807) is 13.4 Å². The quantitative estimate of drug-likeness (QED) is 0.712. The monoisotopic (exact) mass is 224 g/mol. The summed E-state index contributed by atoms with van der Waals surface area (Å²) in [5, 5.41) is 0. The Labute approximate surface area is 102 Å². The van der Waals surface area contributed by atoms with Crippen LogP contribution in [0.15, 0.2) is 66.9 Å². The molecule has 0 bridgehead atoms. The molecule has 2 aromatic carbocycles. The fraction of sp³-hybridized carbons (Fsp3) is 0.125. The average Bonchev–Trinajstić information content (AvgIpc) is 2.41. The van der Waals surface area contributed by atoms with Crippen molar-refractivity contribution in [2.45, 2.75) is 6.42 Å². The van der Waals surface area contributed by atoms with Gasteiger partial charge in [0.15, 0.2) is 0 Å². The molecule has 0 spiro atoms. The van der Waals surface area contributed by atoms with Crippen molar-refractivity contribution in [3.8, 4) is 11.1 Å². The van der Waals surface area contributed by atoms with E-state index < -0.39 is 0 Å². The predicted octanol–water partition coefficient (Wildman–Crippen LogP) is 4.06. The molecule has 2 rings (SSSR count). The van der Waals surface area contributed by atoms with Crippen molar-refractivity contribution < 1.29 is 4.74 Å².